The van der Waals surface area contributed by atoms with E-state index in [1.54, 1.807) is 14.2 Å². The highest BCUT2D eigenvalue weighted by atomic mass is 127. The number of aryl methyl sites for hydroxylation is 2. The number of aromatic nitrogens is 2. The van der Waals surface area contributed by atoms with E-state index in [9.17, 15) is 0 Å². The Hall–Kier alpha value is 0.640. The fourth-order valence-electron chi connectivity index (χ4n) is 4.90. The minimum Gasteiger partial charge on any atom is -1.00 e. The van der Waals surface area contributed by atoms with Gasteiger partial charge in [-0.25, -0.2) is 0 Å². The molecule has 0 saturated carbocycles. The van der Waals surface area contributed by atoms with Crippen molar-refractivity contribution in [3.63, 3.8) is 0 Å². The molecule has 2 aromatic heterocycles. The summed E-state index contributed by atoms with van der Waals surface area (Å²) < 4.78 is 15.3. The van der Waals surface area contributed by atoms with Gasteiger partial charge in [-0.1, -0.05) is 86.9 Å². The zero-order valence-electron chi connectivity index (χ0n) is 24.6. The van der Waals surface area contributed by atoms with Crippen molar-refractivity contribution in [2.24, 2.45) is 0 Å². The standard InChI is InChI=1S/C30H54N2O2S2.2HI/c1-27-29(19-23-33-3)35-25-31(27)21-17-15-13-11-9-7-5-6-8-10-12-14-16-18-22-32-26-36-30(28(32)2)20-24-34-4;;/h25-26H,5-24H2,1-4H3;2*1H/q+2;;/p-2. The normalized spacial score (nSPS) is 10.9. The zero-order chi connectivity index (χ0) is 25.8. The van der Waals surface area contributed by atoms with Gasteiger partial charge in [0.1, 0.15) is 13.1 Å². The SMILES string of the molecule is COCCc1sc[n+](CCCCCCCCCCCCCCCC[n+]2csc(CCOC)c2C)c1C.[I-].[I-]. The molecule has 0 spiro atoms. The summed E-state index contributed by atoms with van der Waals surface area (Å²) in [4.78, 5) is 2.96. The van der Waals surface area contributed by atoms with E-state index in [1.807, 2.05) is 22.7 Å². The van der Waals surface area contributed by atoms with Crippen LogP contribution in [0.5, 0.6) is 0 Å². The molecule has 0 aromatic carbocycles. The van der Waals surface area contributed by atoms with Crippen molar-refractivity contribution in [2.45, 2.75) is 130 Å². The molecule has 8 heteroatoms. The van der Waals surface area contributed by atoms with E-state index < -0.39 is 0 Å². The maximum Gasteiger partial charge on any atom is 0.225 e. The number of thiazole rings is 2. The van der Waals surface area contributed by atoms with Gasteiger partial charge in [0.2, 0.25) is 11.0 Å². The van der Waals surface area contributed by atoms with E-state index in [-0.39, 0.29) is 48.0 Å². The molecule has 0 saturated heterocycles. The molecule has 0 atom stereocenters. The second kappa shape index (κ2) is 25.4. The Morgan fingerprint density at radius 3 is 1.11 bits per heavy atom. The van der Waals surface area contributed by atoms with Crippen LogP contribution in [0.2, 0.25) is 0 Å². The summed E-state index contributed by atoms with van der Waals surface area (Å²) in [5.74, 6) is 0. The van der Waals surface area contributed by atoms with Gasteiger partial charge in [-0.15, -0.1) is 0 Å². The maximum atomic E-state index is 5.22. The molecule has 0 N–H and O–H groups in total. The van der Waals surface area contributed by atoms with Crippen molar-refractivity contribution in [2.75, 3.05) is 27.4 Å². The Bertz CT molecular complexity index is 748. The lowest BCUT2D eigenvalue weighted by molar-refractivity contribution is -0.698. The Kier molecular flexibility index (Phi) is 25.8. The van der Waals surface area contributed by atoms with Gasteiger partial charge in [0.05, 0.1) is 23.0 Å². The van der Waals surface area contributed by atoms with Crippen LogP contribution in [0.1, 0.15) is 111 Å². The number of hydrogen-bond donors (Lipinski definition) is 0. The van der Waals surface area contributed by atoms with E-state index in [4.69, 9.17) is 9.47 Å². The quantitative estimate of drug-likeness (QED) is 0.0972. The van der Waals surface area contributed by atoms with Crippen molar-refractivity contribution in [1.29, 1.82) is 0 Å². The van der Waals surface area contributed by atoms with Crippen LogP contribution in [0.4, 0.5) is 0 Å². The molecular weight excluding hydrogens is 738 g/mol. The van der Waals surface area contributed by atoms with E-state index in [0.29, 0.717) is 0 Å². The molecule has 0 bridgehead atoms. The van der Waals surface area contributed by atoms with Crippen LogP contribution >= 0.6 is 22.7 Å². The third-order valence-electron chi connectivity index (χ3n) is 7.43. The van der Waals surface area contributed by atoms with Gasteiger partial charge in [0.15, 0.2) is 11.4 Å². The number of hydrogen-bond acceptors (Lipinski definition) is 4. The average molecular weight is 793 g/mol. The second-order valence-electron chi connectivity index (χ2n) is 10.3. The lowest BCUT2D eigenvalue weighted by Gasteiger charge is -2.03. The predicted molar refractivity (Wildman–Crippen MR) is 154 cm³/mol. The number of methoxy groups -OCH3 is 2. The fourth-order valence-corrected chi connectivity index (χ4v) is 6.91. The van der Waals surface area contributed by atoms with Crippen molar-refractivity contribution < 1.29 is 66.6 Å². The van der Waals surface area contributed by atoms with Crippen molar-refractivity contribution in [3.8, 4) is 0 Å². The van der Waals surface area contributed by atoms with E-state index in [0.717, 1.165) is 26.1 Å². The summed E-state index contributed by atoms with van der Waals surface area (Å²) in [6.45, 7) is 8.53. The molecule has 38 heavy (non-hydrogen) atoms. The maximum absolute atomic E-state index is 5.22. The molecular formula is C30H54I2N2O2S2. The summed E-state index contributed by atoms with van der Waals surface area (Å²) in [7, 11) is 3.57. The summed E-state index contributed by atoms with van der Waals surface area (Å²) in [5.41, 5.74) is 7.48. The minimum atomic E-state index is 0. The van der Waals surface area contributed by atoms with Gasteiger partial charge in [0.25, 0.3) is 0 Å². The first-order valence-electron chi connectivity index (χ1n) is 14.6. The van der Waals surface area contributed by atoms with Crippen molar-refractivity contribution in [1.82, 2.24) is 0 Å². The van der Waals surface area contributed by atoms with Crippen LogP contribution in [0, 0.1) is 13.8 Å². The summed E-state index contributed by atoms with van der Waals surface area (Å²) >= 11 is 3.77. The highest BCUT2D eigenvalue weighted by molar-refractivity contribution is 7.09. The van der Waals surface area contributed by atoms with Crippen LogP contribution in [-0.2, 0) is 35.4 Å². The largest absolute Gasteiger partial charge is 1.00 e. The molecule has 2 heterocycles. The lowest BCUT2D eigenvalue weighted by Crippen LogP contribution is -3.00. The number of unbranched alkanes of at least 4 members (excludes halogenated alkanes) is 13. The molecule has 0 aliphatic carbocycles. The molecule has 0 radical (unpaired) electrons. The lowest BCUT2D eigenvalue weighted by atomic mass is 10.0. The Morgan fingerprint density at radius 2 is 0.816 bits per heavy atom. The smallest absolute Gasteiger partial charge is 0.225 e. The zero-order valence-corrected chi connectivity index (χ0v) is 30.5. The van der Waals surface area contributed by atoms with E-state index in [2.05, 4.69) is 34.0 Å². The first kappa shape index (κ1) is 38.6. The van der Waals surface area contributed by atoms with Crippen LogP contribution < -0.4 is 57.1 Å². The van der Waals surface area contributed by atoms with Crippen LogP contribution in [-0.4, -0.2) is 27.4 Å². The van der Waals surface area contributed by atoms with Gasteiger partial charge < -0.3 is 57.4 Å². The van der Waals surface area contributed by atoms with Gasteiger partial charge >= 0.3 is 0 Å². The number of ether oxygens (including phenoxy) is 2. The molecule has 0 aliphatic rings. The van der Waals surface area contributed by atoms with Gasteiger partial charge in [-0.05, 0) is 12.8 Å². The Labute approximate surface area is 276 Å². The fraction of sp³-hybridized carbons (Fsp3) is 0.800. The molecule has 0 unspecified atom stereocenters. The summed E-state index contributed by atoms with van der Waals surface area (Å²) in [6.07, 6.45) is 21.7. The minimum absolute atomic E-state index is 0. The third-order valence-corrected chi connectivity index (χ3v) is 9.72. The van der Waals surface area contributed by atoms with Crippen molar-refractivity contribution >= 4 is 22.7 Å². The Morgan fingerprint density at radius 1 is 0.526 bits per heavy atom. The number of halogens is 2. The molecule has 2 rings (SSSR count). The summed E-state index contributed by atoms with van der Waals surface area (Å²) in [6, 6.07) is 0. The second-order valence-corrected chi connectivity index (χ2v) is 12.2. The number of rotatable bonds is 23. The first-order valence-corrected chi connectivity index (χ1v) is 16.3. The first-order chi connectivity index (χ1) is 17.7. The molecule has 0 fully saturated rings. The predicted octanol–water partition coefficient (Wildman–Crippen LogP) is 1.55. The van der Waals surface area contributed by atoms with Gasteiger partial charge in [0, 0.05) is 53.8 Å². The van der Waals surface area contributed by atoms with Gasteiger partial charge in [-0.3, -0.25) is 0 Å². The highest BCUT2D eigenvalue weighted by Gasteiger charge is 2.15. The van der Waals surface area contributed by atoms with Crippen LogP contribution in [0.3, 0.4) is 0 Å². The third kappa shape index (κ3) is 16.2. The topological polar surface area (TPSA) is 26.2 Å². The summed E-state index contributed by atoms with van der Waals surface area (Å²) in [5, 5.41) is 0. The van der Waals surface area contributed by atoms with Crippen molar-refractivity contribution in [3.05, 3.63) is 32.2 Å². The van der Waals surface area contributed by atoms with Gasteiger partial charge in [-0.2, -0.15) is 9.13 Å². The molecule has 4 nitrogen and oxygen atoms in total. The van der Waals surface area contributed by atoms with Crippen LogP contribution in [0.25, 0.3) is 0 Å². The Balaban J connectivity index is 0.00000684. The van der Waals surface area contributed by atoms with E-state index in [1.165, 1.54) is 124 Å². The highest BCUT2D eigenvalue weighted by Crippen LogP contribution is 2.15. The van der Waals surface area contributed by atoms with E-state index >= 15 is 0 Å². The molecule has 2 aromatic rings. The number of nitrogens with zero attached hydrogens (tertiary/aromatic N) is 2. The molecule has 222 valence electrons. The monoisotopic (exact) mass is 792 g/mol. The average Bonchev–Trinajstić information content (AvgIpc) is 3.42. The molecule has 0 aliphatic heterocycles. The van der Waals surface area contributed by atoms with Crippen LogP contribution in [0.15, 0.2) is 11.0 Å². The molecule has 0 amide bonds.